The summed E-state index contributed by atoms with van der Waals surface area (Å²) in [7, 11) is 1.45. The second kappa shape index (κ2) is 5.85. The van der Waals surface area contributed by atoms with Crippen molar-refractivity contribution in [1.82, 2.24) is 4.98 Å². The number of rotatable bonds is 3. The van der Waals surface area contributed by atoms with Crippen molar-refractivity contribution in [3.63, 3.8) is 0 Å². The molecule has 0 radical (unpaired) electrons. The minimum absolute atomic E-state index is 0.114. The van der Waals surface area contributed by atoms with Gasteiger partial charge in [0.2, 0.25) is 0 Å². The molecule has 0 atom stereocenters. The molecule has 20 heavy (non-hydrogen) atoms. The van der Waals surface area contributed by atoms with E-state index in [1.807, 2.05) is 13.0 Å². The van der Waals surface area contributed by atoms with Crippen LogP contribution in [0, 0.1) is 18.3 Å². The van der Waals surface area contributed by atoms with Gasteiger partial charge in [0, 0.05) is 11.9 Å². The predicted molar refractivity (Wildman–Crippen MR) is 71.6 cm³/mol. The third-order valence-corrected chi connectivity index (χ3v) is 2.66. The molecular formula is C15H12N2O3. The Kier molecular flexibility index (Phi) is 3.96. The SMILES string of the molecule is COc1cccc(C#N)c1OC(=O)c1ccc(C)nc1. The number of esters is 1. The third-order valence-electron chi connectivity index (χ3n) is 2.66. The smallest absolute Gasteiger partial charge is 0.345 e. The van der Waals surface area contributed by atoms with Crippen LogP contribution in [0.25, 0.3) is 0 Å². The molecule has 1 aromatic heterocycles. The van der Waals surface area contributed by atoms with Crippen molar-refractivity contribution in [2.24, 2.45) is 0 Å². The molecule has 1 heterocycles. The molecule has 0 fully saturated rings. The van der Waals surface area contributed by atoms with Crippen LogP contribution in [0.1, 0.15) is 21.6 Å². The van der Waals surface area contributed by atoms with Crippen molar-refractivity contribution < 1.29 is 14.3 Å². The topological polar surface area (TPSA) is 72.2 Å². The Morgan fingerprint density at radius 1 is 1.30 bits per heavy atom. The van der Waals surface area contributed by atoms with E-state index in [1.54, 1.807) is 30.3 Å². The van der Waals surface area contributed by atoms with Gasteiger partial charge < -0.3 is 9.47 Å². The summed E-state index contributed by atoms with van der Waals surface area (Å²) >= 11 is 0. The Labute approximate surface area is 116 Å². The molecule has 5 heteroatoms. The van der Waals surface area contributed by atoms with Crippen LogP contribution >= 0.6 is 0 Å². The summed E-state index contributed by atoms with van der Waals surface area (Å²) in [4.78, 5) is 16.1. The highest BCUT2D eigenvalue weighted by Gasteiger charge is 2.16. The second-order valence-electron chi connectivity index (χ2n) is 4.03. The zero-order valence-corrected chi connectivity index (χ0v) is 11.1. The first-order valence-corrected chi connectivity index (χ1v) is 5.87. The lowest BCUT2D eigenvalue weighted by atomic mass is 10.2. The number of methoxy groups -OCH3 is 1. The van der Waals surface area contributed by atoms with Gasteiger partial charge in [-0.3, -0.25) is 4.98 Å². The Hall–Kier alpha value is -2.87. The highest BCUT2D eigenvalue weighted by Crippen LogP contribution is 2.31. The van der Waals surface area contributed by atoms with Crippen LogP contribution in [0.2, 0.25) is 0 Å². The Balaban J connectivity index is 2.32. The van der Waals surface area contributed by atoms with Gasteiger partial charge in [0.25, 0.3) is 0 Å². The lowest BCUT2D eigenvalue weighted by molar-refractivity contribution is 0.0728. The maximum absolute atomic E-state index is 12.0. The van der Waals surface area contributed by atoms with Gasteiger partial charge >= 0.3 is 5.97 Å². The van der Waals surface area contributed by atoms with Crippen LogP contribution in [-0.4, -0.2) is 18.1 Å². The molecule has 5 nitrogen and oxygen atoms in total. The van der Waals surface area contributed by atoms with E-state index in [9.17, 15) is 4.79 Å². The molecule has 1 aromatic carbocycles. The van der Waals surface area contributed by atoms with Crippen LogP contribution in [0.4, 0.5) is 0 Å². The van der Waals surface area contributed by atoms with E-state index in [0.717, 1.165) is 5.69 Å². The molecule has 100 valence electrons. The van der Waals surface area contributed by atoms with E-state index in [0.29, 0.717) is 11.3 Å². The number of hydrogen-bond acceptors (Lipinski definition) is 5. The fourth-order valence-corrected chi connectivity index (χ4v) is 1.61. The number of pyridine rings is 1. The Morgan fingerprint density at radius 2 is 2.10 bits per heavy atom. The van der Waals surface area contributed by atoms with Gasteiger partial charge in [0.15, 0.2) is 11.5 Å². The van der Waals surface area contributed by atoms with Crippen LogP contribution in [-0.2, 0) is 0 Å². The summed E-state index contributed by atoms with van der Waals surface area (Å²) in [6, 6.07) is 10.1. The standard InChI is InChI=1S/C15H12N2O3/c1-10-6-7-12(9-17-10)15(18)20-14-11(8-16)4-3-5-13(14)19-2/h3-7,9H,1-2H3. The quantitative estimate of drug-likeness (QED) is 0.631. The molecule has 0 aliphatic rings. The number of ether oxygens (including phenoxy) is 2. The average molecular weight is 268 g/mol. The maximum Gasteiger partial charge on any atom is 0.345 e. The first-order valence-electron chi connectivity index (χ1n) is 5.87. The molecule has 2 aromatic rings. The van der Waals surface area contributed by atoms with Gasteiger partial charge in [-0.05, 0) is 31.2 Å². The summed E-state index contributed by atoms with van der Waals surface area (Å²) in [5.41, 5.74) is 1.35. The Morgan fingerprint density at radius 3 is 2.70 bits per heavy atom. The van der Waals surface area contributed by atoms with Crippen molar-refractivity contribution in [2.75, 3.05) is 7.11 Å². The van der Waals surface area contributed by atoms with E-state index in [-0.39, 0.29) is 11.3 Å². The normalized spacial score (nSPS) is 9.65. The molecule has 0 unspecified atom stereocenters. The van der Waals surface area contributed by atoms with Gasteiger partial charge in [0.1, 0.15) is 6.07 Å². The Bertz CT molecular complexity index is 673. The van der Waals surface area contributed by atoms with Crippen molar-refractivity contribution in [3.8, 4) is 17.6 Å². The van der Waals surface area contributed by atoms with E-state index in [2.05, 4.69) is 4.98 Å². The van der Waals surface area contributed by atoms with E-state index >= 15 is 0 Å². The summed E-state index contributed by atoms with van der Waals surface area (Å²) in [6.07, 6.45) is 1.43. The fourth-order valence-electron chi connectivity index (χ4n) is 1.61. The molecule has 0 aliphatic carbocycles. The van der Waals surface area contributed by atoms with Gasteiger partial charge in [-0.2, -0.15) is 5.26 Å². The highest BCUT2D eigenvalue weighted by atomic mass is 16.6. The molecular weight excluding hydrogens is 256 g/mol. The molecule has 0 aliphatic heterocycles. The zero-order valence-electron chi connectivity index (χ0n) is 11.1. The first kappa shape index (κ1) is 13.6. The molecule has 0 amide bonds. The minimum Gasteiger partial charge on any atom is -0.493 e. The molecule has 0 N–H and O–H groups in total. The van der Waals surface area contributed by atoms with Crippen LogP contribution in [0.15, 0.2) is 36.5 Å². The largest absolute Gasteiger partial charge is 0.493 e. The number of nitrogens with zero attached hydrogens (tertiary/aromatic N) is 2. The van der Waals surface area contributed by atoms with E-state index in [1.165, 1.54) is 13.3 Å². The fraction of sp³-hybridized carbons (Fsp3) is 0.133. The number of hydrogen-bond donors (Lipinski definition) is 0. The third kappa shape index (κ3) is 2.75. The molecule has 0 bridgehead atoms. The number of nitriles is 1. The monoisotopic (exact) mass is 268 g/mol. The number of aryl methyl sites for hydroxylation is 1. The van der Waals surface area contributed by atoms with Gasteiger partial charge in [0.05, 0.1) is 18.2 Å². The number of aromatic nitrogens is 1. The summed E-state index contributed by atoms with van der Waals surface area (Å²) in [5, 5.41) is 9.05. The van der Waals surface area contributed by atoms with E-state index in [4.69, 9.17) is 14.7 Å². The summed E-state index contributed by atoms with van der Waals surface area (Å²) in [5.74, 6) is -0.140. The molecule has 2 rings (SSSR count). The van der Waals surface area contributed by atoms with Crippen LogP contribution in [0.3, 0.4) is 0 Å². The molecule has 0 saturated carbocycles. The molecule has 0 spiro atoms. The summed E-state index contributed by atoms with van der Waals surface area (Å²) < 4.78 is 10.4. The van der Waals surface area contributed by atoms with Crippen LogP contribution in [0.5, 0.6) is 11.5 Å². The number of carbonyl (C=O) groups is 1. The predicted octanol–water partition coefficient (Wildman–Crippen LogP) is 2.49. The zero-order chi connectivity index (χ0) is 14.5. The van der Waals surface area contributed by atoms with Gasteiger partial charge in [-0.15, -0.1) is 0 Å². The van der Waals surface area contributed by atoms with Crippen molar-refractivity contribution in [2.45, 2.75) is 6.92 Å². The van der Waals surface area contributed by atoms with Gasteiger partial charge in [-0.25, -0.2) is 4.79 Å². The number of benzene rings is 1. The van der Waals surface area contributed by atoms with Crippen molar-refractivity contribution in [1.29, 1.82) is 5.26 Å². The van der Waals surface area contributed by atoms with Crippen molar-refractivity contribution in [3.05, 3.63) is 53.3 Å². The van der Waals surface area contributed by atoms with E-state index < -0.39 is 5.97 Å². The number of carbonyl (C=O) groups excluding carboxylic acids is 1. The van der Waals surface area contributed by atoms with Gasteiger partial charge in [-0.1, -0.05) is 6.07 Å². The maximum atomic E-state index is 12.0. The summed E-state index contributed by atoms with van der Waals surface area (Å²) in [6.45, 7) is 1.82. The first-order chi connectivity index (χ1) is 9.65. The second-order valence-corrected chi connectivity index (χ2v) is 4.03. The highest BCUT2D eigenvalue weighted by molar-refractivity contribution is 5.91. The van der Waals surface area contributed by atoms with Crippen molar-refractivity contribution >= 4 is 5.97 Å². The lowest BCUT2D eigenvalue weighted by Crippen LogP contribution is -2.10. The molecule has 0 saturated heterocycles. The lowest BCUT2D eigenvalue weighted by Gasteiger charge is -2.10. The average Bonchev–Trinajstić information content (AvgIpc) is 2.48. The minimum atomic E-state index is -0.585. The van der Waals surface area contributed by atoms with Crippen LogP contribution < -0.4 is 9.47 Å². The number of para-hydroxylation sites is 1.